The Morgan fingerprint density at radius 2 is 0.650 bits per heavy atom. The summed E-state index contributed by atoms with van der Waals surface area (Å²) < 4.78 is 61.2. The molecule has 117 heavy (non-hydrogen) atoms. The van der Waals surface area contributed by atoms with Gasteiger partial charge in [-0.2, -0.15) is 0 Å². The average molecular weight is 1730 g/mol. The molecule has 0 atom stereocenters. The molecule has 14 rings (SSSR count). The van der Waals surface area contributed by atoms with Crippen molar-refractivity contribution in [1.82, 2.24) is 15.0 Å². The number of thiazole rings is 3. The summed E-state index contributed by atoms with van der Waals surface area (Å²) in [5, 5.41) is 43.5. The second kappa shape index (κ2) is 44.7. The van der Waals surface area contributed by atoms with Crippen molar-refractivity contribution in [2.75, 3.05) is 89.9 Å². The number of para-hydroxylation sites is 3. The molecule has 0 amide bonds. The summed E-state index contributed by atoms with van der Waals surface area (Å²) >= 11 is 4.59. The van der Waals surface area contributed by atoms with Gasteiger partial charge in [-0.05, 0) is 197 Å². The van der Waals surface area contributed by atoms with Gasteiger partial charge < -0.3 is 49.3 Å². The van der Waals surface area contributed by atoms with Gasteiger partial charge in [0.25, 0.3) is 0 Å². The van der Waals surface area contributed by atoms with E-state index >= 15 is 0 Å². The van der Waals surface area contributed by atoms with Crippen LogP contribution < -0.4 is 30.1 Å². The molecular formula is C90H92CoCuF4N12O6S3. The maximum atomic E-state index is 13.1. The molecule has 14 aromatic rings. The van der Waals surface area contributed by atoms with Crippen LogP contribution in [0.3, 0.4) is 0 Å². The van der Waals surface area contributed by atoms with Gasteiger partial charge in [0.15, 0.2) is 0 Å². The first-order valence-electron chi connectivity index (χ1n) is 38.0. The third kappa shape index (κ3) is 24.9. The van der Waals surface area contributed by atoms with Gasteiger partial charge in [-0.3, -0.25) is 9.98 Å². The third-order valence-corrected chi connectivity index (χ3v) is 21.5. The van der Waals surface area contributed by atoms with Crippen LogP contribution >= 0.6 is 34.0 Å². The summed E-state index contributed by atoms with van der Waals surface area (Å²) in [6, 6.07) is 59.6. The van der Waals surface area contributed by atoms with Crippen molar-refractivity contribution >= 4 is 151 Å². The van der Waals surface area contributed by atoms with Crippen molar-refractivity contribution in [3.05, 3.63) is 262 Å². The number of benzene rings is 10. The van der Waals surface area contributed by atoms with Crippen LogP contribution in [0.25, 0.3) is 52.2 Å². The van der Waals surface area contributed by atoms with E-state index in [9.17, 15) is 42.8 Å². The molecule has 0 aliphatic carbocycles. The topological polar surface area (TPSA) is 215 Å². The van der Waals surface area contributed by atoms with Gasteiger partial charge in [0.2, 0.25) is 10.3 Å². The zero-order chi connectivity index (χ0) is 82.1. The number of aromatic nitrogens is 3. The predicted molar refractivity (Wildman–Crippen MR) is 472 cm³/mol. The van der Waals surface area contributed by atoms with Crippen LogP contribution in [0.5, 0.6) is 23.0 Å². The Morgan fingerprint density at radius 3 is 0.957 bits per heavy atom. The molecule has 0 bridgehead atoms. The summed E-state index contributed by atoms with van der Waals surface area (Å²) in [7, 11) is 0. The Hall–Kier alpha value is -11.3. The number of hydrogen-bond acceptors (Lipinski definition) is 21. The number of anilines is 5. The zero-order valence-electron chi connectivity index (χ0n) is 66.4. The molecule has 0 saturated carbocycles. The van der Waals surface area contributed by atoms with Gasteiger partial charge in [-0.15, -0.1) is 11.3 Å². The first-order chi connectivity index (χ1) is 55.7. The summed E-state index contributed by atoms with van der Waals surface area (Å²) in [6.45, 7) is 29.6. The number of fused-ring (bicyclic) bond motifs is 4. The van der Waals surface area contributed by atoms with Crippen LogP contribution in [0.2, 0.25) is 0 Å². The van der Waals surface area contributed by atoms with Gasteiger partial charge in [-0.1, -0.05) is 59.1 Å². The summed E-state index contributed by atoms with van der Waals surface area (Å²) in [5.41, 5.74) is 11.2. The van der Waals surface area contributed by atoms with Crippen molar-refractivity contribution < 1.29 is 76.3 Å². The molecule has 0 aliphatic rings. The molecule has 0 unspecified atom stereocenters. The quantitative estimate of drug-likeness (QED) is 0.0192. The van der Waals surface area contributed by atoms with Crippen LogP contribution in [0, 0.1) is 23.3 Å². The fourth-order valence-electron chi connectivity index (χ4n) is 12.3. The molecule has 18 nitrogen and oxygen atoms in total. The number of rotatable bonds is 24. The van der Waals surface area contributed by atoms with Crippen LogP contribution in [-0.2, 0) is 33.8 Å². The predicted octanol–water partition coefficient (Wildman–Crippen LogP) is 22.6. The smallest absolute Gasteiger partial charge is 0.346 e. The average Bonchev–Trinajstić information content (AvgIpc) is 1.69. The number of aliphatic imine (C=N–C) groups is 4. The molecule has 27 heteroatoms. The molecule has 0 fully saturated rings. The number of hydrogen-bond donors (Lipinski definition) is 4. The van der Waals surface area contributed by atoms with E-state index in [0.29, 0.717) is 48.7 Å². The van der Waals surface area contributed by atoms with Crippen LogP contribution in [-0.4, -0.2) is 126 Å². The third-order valence-electron chi connectivity index (χ3n) is 18.5. The number of phenols is 4. The Bertz CT molecular complexity index is 5390. The minimum absolute atomic E-state index is 0. The van der Waals surface area contributed by atoms with Crippen LogP contribution in [0.1, 0.15) is 91.5 Å². The van der Waals surface area contributed by atoms with Crippen LogP contribution in [0.4, 0.5) is 67.6 Å². The van der Waals surface area contributed by atoms with E-state index in [2.05, 4.69) is 107 Å². The molecule has 0 saturated heterocycles. The van der Waals surface area contributed by atoms with E-state index < -0.39 is 23.3 Å². The van der Waals surface area contributed by atoms with E-state index in [0.717, 1.165) is 166 Å². The van der Waals surface area contributed by atoms with Crippen LogP contribution in [0.15, 0.2) is 235 Å². The van der Waals surface area contributed by atoms with E-state index in [4.69, 9.17) is 4.42 Å². The second-order valence-corrected chi connectivity index (χ2v) is 28.8. The SMILES string of the molecule is CCN(CC)c1ccc(C=Nc2cc(F)cc(F)c2)c(O)c1.CCN(CC)c1ccc(C=Nc2cc(F)cc(F)c2)c(O)c1.CCN(CC)c1ccc(C=Nc2nc3ccccc3s2)c(O)c1.CCN(CC)c1ccc(C=Nc2nc3ccccc3s2)c(O)c1.CCN(CC)c1ccc2cc(-c3nc4ccccc4s3)c(=O)oc2c1.[Co].[Cu]. The van der Waals surface area contributed by atoms with Gasteiger partial charge in [0.05, 0.1) is 47.6 Å². The Balaban J connectivity index is 0.000000182. The first-order valence-corrected chi connectivity index (χ1v) is 40.4. The molecule has 0 spiro atoms. The van der Waals surface area contributed by atoms with E-state index in [-0.39, 0.29) is 73.8 Å². The first kappa shape index (κ1) is 91.2. The molecule has 0 aliphatic heterocycles. The zero-order valence-corrected chi connectivity index (χ0v) is 70.8. The fourth-order valence-corrected chi connectivity index (χ4v) is 14.9. The number of nitrogens with zero attached hydrogens (tertiary/aromatic N) is 12. The molecule has 4 heterocycles. The van der Waals surface area contributed by atoms with Gasteiger partial charge >= 0.3 is 5.63 Å². The monoisotopic (exact) mass is 1730 g/mol. The molecule has 4 aromatic heterocycles. The summed E-state index contributed by atoms with van der Waals surface area (Å²) in [4.78, 5) is 53.6. The Kier molecular flexibility index (Phi) is 34.9. The number of phenolic OH excluding ortho intramolecular Hbond substituents is 4. The fraction of sp³-hybridized carbons (Fsp3) is 0.222. The normalized spacial score (nSPS) is 11.1. The Labute approximate surface area is 711 Å². The minimum atomic E-state index is -0.687. The van der Waals surface area contributed by atoms with Gasteiger partial charge in [0.1, 0.15) is 56.9 Å². The van der Waals surface area contributed by atoms with Gasteiger partial charge in [-0.25, -0.2) is 47.3 Å². The van der Waals surface area contributed by atoms with E-state index in [1.165, 1.54) is 46.4 Å². The van der Waals surface area contributed by atoms with Crippen molar-refractivity contribution in [2.24, 2.45) is 20.0 Å². The Morgan fingerprint density at radius 1 is 0.359 bits per heavy atom. The van der Waals surface area contributed by atoms with E-state index in [1.54, 1.807) is 48.8 Å². The maximum Gasteiger partial charge on any atom is 0.346 e. The summed E-state index contributed by atoms with van der Waals surface area (Å²) in [6.07, 6.45) is 6.10. The van der Waals surface area contributed by atoms with E-state index in [1.807, 2.05) is 155 Å². The number of aromatic hydroxyl groups is 4. The largest absolute Gasteiger partial charge is 0.507 e. The standard InChI is InChI=1S/C20H18N2O2S.2C18H19N3OS.2C17H18F2N2O.Co.Cu/c1-3-22(4-2)14-10-9-13-11-15(20(23)24-17(13)12-14)19-21-16-7-5-6-8-18(16)25-19;2*1-3-21(4-2)14-10-9-13(16(22)11-14)12-19-18-20-15-7-5-6-8-17(15)23-18;2*1-3-21(4-2)16-6-5-12(17(22)10-16)11-20-15-8-13(18)7-14(19)9-15;;/h5-12H,3-4H2,1-2H3;2*5-12,22H,3-4H2,1-2H3;2*5-11,22H,3-4H2,1-2H3;;. The molecule has 10 aromatic carbocycles. The molecule has 4 N–H and O–H groups in total. The van der Waals surface area contributed by atoms with Crippen molar-refractivity contribution in [1.29, 1.82) is 0 Å². The van der Waals surface area contributed by atoms with Gasteiger partial charge in [0, 0.05) is 223 Å². The second-order valence-electron chi connectivity index (χ2n) is 25.7. The van der Waals surface area contributed by atoms with Crippen molar-refractivity contribution in [3.63, 3.8) is 0 Å². The van der Waals surface area contributed by atoms with Crippen molar-refractivity contribution in [2.45, 2.75) is 69.2 Å². The maximum absolute atomic E-state index is 13.1. The molecule has 614 valence electrons. The summed E-state index contributed by atoms with van der Waals surface area (Å²) in [5.74, 6) is -2.13. The molecular weight excluding hydrogens is 1640 g/mol. The molecule has 2 radical (unpaired) electrons. The van der Waals surface area contributed by atoms with Crippen molar-refractivity contribution in [3.8, 4) is 33.6 Å². The minimum Gasteiger partial charge on any atom is -0.507 e. The number of halogens is 4.